The quantitative estimate of drug-likeness (QED) is 0.900. The summed E-state index contributed by atoms with van der Waals surface area (Å²) in [5.74, 6) is 1.77. The highest BCUT2D eigenvalue weighted by molar-refractivity contribution is 9.10. The van der Waals surface area contributed by atoms with Crippen molar-refractivity contribution in [1.82, 2.24) is 10.1 Å². The molecule has 0 amide bonds. The van der Waals surface area contributed by atoms with Crippen LogP contribution in [0.3, 0.4) is 0 Å². The van der Waals surface area contributed by atoms with Crippen LogP contribution < -0.4 is 0 Å². The first-order valence-corrected chi connectivity index (χ1v) is 7.78. The minimum Gasteiger partial charge on any atom is -0.392 e. The van der Waals surface area contributed by atoms with Crippen LogP contribution in [-0.4, -0.2) is 26.6 Å². The van der Waals surface area contributed by atoms with Gasteiger partial charge in [0, 0.05) is 15.3 Å². The van der Waals surface area contributed by atoms with Crippen LogP contribution in [0.25, 0.3) is 11.4 Å². The number of nitrogens with zero attached hydrogens (tertiary/aromatic N) is 2. The van der Waals surface area contributed by atoms with Crippen molar-refractivity contribution in [3.63, 3.8) is 0 Å². The van der Waals surface area contributed by atoms with Crippen molar-refractivity contribution in [1.29, 1.82) is 0 Å². The van der Waals surface area contributed by atoms with Crippen molar-refractivity contribution in [2.75, 3.05) is 0 Å². The molecule has 2 unspecified atom stereocenters. The Bertz CT molecular complexity index is 545. The Kier molecular flexibility index (Phi) is 5.01. The van der Waals surface area contributed by atoms with Gasteiger partial charge in [-0.2, -0.15) is 4.98 Å². The molecule has 1 aromatic carbocycles. The molecule has 0 fully saturated rings. The Labute approximate surface area is 124 Å². The summed E-state index contributed by atoms with van der Waals surface area (Å²) < 4.78 is 6.19. The third-order valence-electron chi connectivity index (χ3n) is 2.70. The summed E-state index contributed by atoms with van der Waals surface area (Å²) in [5, 5.41) is 13.5. The fourth-order valence-corrected chi connectivity index (χ4v) is 2.60. The van der Waals surface area contributed by atoms with E-state index in [0.717, 1.165) is 10.0 Å². The van der Waals surface area contributed by atoms with E-state index in [1.165, 1.54) is 0 Å². The van der Waals surface area contributed by atoms with Crippen LogP contribution >= 0.6 is 27.7 Å². The summed E-state index contributed by atoms with van der Waals surface area (Å²) in [6.07, 6.45) is -0.350. The van der Waals surface area contributed by atoms with Gasteiger partial charge in [0.1, 0.15) is 0 Å². The Morgan fingerprint density at radius 3 is 2.89 bits per heavy atom. The van der Waals surface area contributed by atoms with Gasteiger partial charge in [0.15, 0.2) is 0 Å². The maximum atomic E-state index is 9.42. The lowest BCUT2D eigenvalue weighted by Gasteiger charge is -2.11. The predicted molar refractivity (Wildman–Crippen MR) is 79.9 cm³/mol. The van der Waals surface area contributed by atoms with Crippen molar-refractivity contribution in [2.24, 2.45) is 0 Å². The van der Waals surface area contributed by atoms with Crippen molar-refractivity contribution in [3.05, 3.63) is 34.6 Å². The number of hydrogen-bond acceptors (Lipinski definition) is 5. The van der Waals surface area contributed by atoms with Gasteiger partial charge >= 0.3 is 0 Å². The lowest BCUT2D eigenvalue weighted by Crippen LogP contribution is -2.15. The minimum absolute atomic E-state index is 0.140. The highest BCUT2D eigenvalue weighted by Gasteiger charge is 2.13. The Morgan fingerprint density at radius 2 is 2.21 bits per heavy atom. The number of aliphatic hydroxyl groups excluding tert-OH is 1. The summed E-state index contributed by atoms with van der Waals surface area (Å²) >= 11 is 5.01. The van der Waals surface area contributed by atoms with Crippen LogP contribution in [-0.2, 0) is 5.75 Å². The summed E-state index contributed by atoms with van der Waals surface area (Å²) in [6.45, 7) is 3.75. The van der Waals surface area contributed by atoms with Gasteiger partial charge in [0.25, 0.3) is 0 Å². The molecule has 0 radical (unpaired) electrons. The van der Waals surface area contributed by atoms with E-state index >= 15 is 0 Å². The molecular formula is C13H15BrN2O2S. The van der Waals surface area contributed by atoms with E-state index in [-0.39, 0.29) is 11.4 Å². The van der Waals surface area contributed by atoms with Gasteiger partial charge in [-0.05, 0) is 19.1 Å². The molecule has 0 aliphatic carbocycles. The number of aromatic nitrogens is 2. The summed E-state index contributed by atoms with van der Waals surface area (Å²) in [6, 6.07) is 7.76. The van der Waals surface area contributed by atoms with Crippen LogP contribution in [0.15, 0.2) is 33.3 Å². The van der Waals surface area contributed by atoms with Crippen LogP contribution in [0.4, 0.5) is 0 Å². The maximum absolute atomic E-state index is 9.42. The average Bonchev–Trinajstić information content (AvgIpc) is 2.84. The molecule has 102 valence electrons. The first-order chi connectivity index (χ1) is 9.06. The van der Waals surface area contributed by atoms with E-state index in [2.05, 4.69) is 26.1 Å². The largest absolute Gasteiger partial charge is 0.392 e. The zero-order chi connectivity index (χ0) is 13.8. The normalized spacial score (nSPS) is 14.3. The third kappa shape index (κ3) is 4.06. The van der Waals surface area contributed by atoms with Crippen molar-refractivity contribution in [3.8, 4) is 11.4 Å². The van der Waals surface area contributed by atoms with Gasteiger partial charge in [-0.15, -0.1) is 11.8 Å². The van der Waals surface area contributed by atoms with Gasteiger partial charge in [-0.25, -0.2) is 0 Å². The molecule has 0 aliphatic heterocycles. The summed E-state index contributed by atoms with van der Waals surface area (Å²) in [7, 11) is 0. The minimum atomic E-state index is -0.350. The van der Waals surface area contributed by atoms with E-state index in [4.69, 9.17) is 4.52 Å². The molecule has 2 rings (SSSR count). The molecule has 2 atom stereocenters. The van der Waals surface area contributed by atoms with Crippen LogP contribution in [0.1, 0.15) is 19.7 Å². The number of hydrogen-bond donors (Lipinski definition) is 1. The molecule has 0 aliphatic rings. The van der Waals surface area contributed by atoms with E-state index in [1.807, 2.05) is 31.2 Å². The first kappa shape index (κ1) is 14.6. The smallest absolute Gasteiger partial charge is 0.236 e. The molecule has 2 aromatic rings. The lowest BCUT2D eigenvalue weighted by molar-refractivity contribution is 0.196. The fraction of sp³-hybridized carbons (Fsp3) is 0.385. The van der Waals surface area contributed by atoms with E-state index < -0.39 is 0 Å². The molecule has 0 saturated heterocycles. The zero-order valence-corrected chi connectivity index (χ0v) is 13.1. The van der Waals surface area contributed by atoms with Gasteiger partial charge < -0.3 is 9.63 Å². The molecule has 0 spiro atoms. The number of rotatable bonds is 5. The summed E-state index contributed by atoms with van der Waals surface area (Å²) in [5.41, 5.74) is 0.915. The van der Waals surface area contributed by atoms with Crippen LogP contribution in [0, 0.1) is 0 Å². The lowest BCUT2D eigenvalue weighted by atomic mass is 10.2. The molecule has 0 saturated carbocycles. The van der Waals surface area contributed by atoms with Crippen molar-refractivity contribution in [2.45, 2.75) is 31.0 Å². The van der Waals surface area contributed by atoms with E-state index in [0.29, 0.717) is 17.5 Å². The average molecular weight is 343 g/mol. The Hall–Kier alpha value is -0.850. The highest BCUT2D eigenvalue weighted by Crippen LogP contribution is 2.23. The predicted octanol–water partition coefficient (Wildman–Crippen LogP) is 3.50. The van der Waals surface area contributed by atoms with Gasteiger partial charge in [-0.1, -0.05) is 40.1 Å². The second kappa shape index (κ2) is 6.54. The SMILES string of the molecule is CC(O)C(C)SCc1nc(-c2cccc(Br)c2)no1. The maximum Gasteiger partial charge on any atom is 0.236 e. The topological polar surface area (TPSA) is 59.2 Å². The van der Waals surface area contributed by atoms with Crippen molar-refractivity contribution >= 4 is 27.7 Å². The van der Waals surface area contributed by atoms with Crippen LogP contribution in [0.5, 0.6) is 0 Å². The van der Waals surface area contributed by atoms with Gasteiger partial charge in [0.2, 0.25) is 11.7 Å². The monoisotopic (exact) mass is 342 g/mol. The van der Waals surface area contributed by atoms with Crippen molar-refractivity contribution < 1.29 is 9.63 Å². The van der Waals surface area contributed by atoms with E-state index in [9.17, 15) is 5.11 Å². The highest BCUT2D eigenvalue weighted by atomic mass is 79.9. The Balaban J connectivity index is 2.03. The molecule has 19 heavy (non-hydrogen) atoms. The standard InChI is InChI=1S/C13H15BrN2O2S/c1-8(17)9(2)19-7-12-15-13(16-18-12)10-4-3-5-11(14)6-10/h3-6,8-9,17H,7H2,1-2H3. The third-order valence-corrected chi connectivity index (χ3v) is 4.53. The molecule has 1 N–H and O–H groups in total. The number of aliphatic hydroxyl groups is 1. The molecule has 1 heterocycles. The number of halogens is 1. The molecule has 1 aromatic heterocycles. The molecular weight excluding hydrogens is 328 g/mol. The number of benzene rings is 1. The summed E-state index contributed by atoms with van der Waals surface area (Å²) in [4.78, 5) is 4.35. The molecule has 6 heteroatoms. The fourth-order valence-electron chi connectivity index (χ4n) is 1.40. The first-order valence-electron chi connectivity index (χ1n) is 5.94. The van der Waals surface area contributed by atoms with Gasteiger partial charge in [-0.3, -0.25) is 0 Å². The molecule has 0 bridgehead atoms. The second-order valence-corrected chi connectivity index (χ2v) is 6.56. The molecule has 4 nitrogen and oxygen atoms in total. The number of thioether (sulfide) groups is 1. The van der Waals surface area contributed by atoms with Crippen LogP contribution in [0.2, 0.25) is 0 Å². The zero-order valence-electron chi connectivity index (χ0n) is 10.7. The second-order valence-electron chi connectivity index (χ2n) is 4.28. The van der Waals surface area contributed by atoms with Gasteiger partial charge in [0.05, 0.1) is 11.9 Å². The Morgan fingerprint density at radius 1 is 1.42 bits per heavy atom. The van der Waals surface area contributed by atoms with E-state index in [1.54, 1.807) is 18.7 Å².